The SMILES string of the molecule is BrC1CCC1CCCc1ccccc1. The molecule has 0 radical (unpaired) electrons. The van der Waals surface area contributed by atoms with Gasteiger partial charge in [-0.15, -0.1) is 0 Å². The lowest BCUT2D eigenvalue weighted by Gasteiger charge is -2.32. The minimum Gasteiger partial charge on any atom is -0.0888 e. The summed E-state index contributed by atoms with van der Waals surface area (Å²) < 4.78 is 0. The van der Waals surface area contributed by atoms with E-state index in [9.17, 15) is 0 Å². The molecule has 0 bridgehead atoms. The molecule has 0 spiro atoms. The van der Waals surface area contributed by atoms with Crippen LogP contribution in [0, 0.1) is 5.92 Å². The van der Waals surface area contributed by atoms with Crippen LogP contribution in [0.4, 0.5) is 0 Å². The topological polar surface area (TPSA) is 0 Å². The second-order valence-corrected chi connectivity index (χ2v) is 5.41. The highest BCUT2D eigenvalue weighted by molar-refractivity contribution is 9.09. The van der Waals surface area contributed by atoms with Crippen molar-refractivity contribution in [3.8, 4) is 0 Å². The largest absolute Gasteiger partial charge is 0.0888 e. The molecule has 2 unspecified atom stereocenters. The molecule has 0 aromatic heterocycles. The fourth-order valence-corrected chi connectivity index (χ4v) is 2.86. The van der Waals surface area contributed by atoms with E-state index in [1.54, 1.807) is 0 Å². The molecule has 1 aromatic carbocycles. The highest BCUT2D eigenvalue weighted by atomic mass is 79.9. The van der Waals surface area contributed by atoms with Crippen LogP contribution in [0.2, 0.25) is 0 Å². The van der Waals surface area contributed by atoms with Crippen LogP contribution in [0.25, 0.3) is 0 Å². The van der Waals surface area contributed by atoms with Gasteiger partial charge in [-0.25, -0.2) is 0 Å². The Balaban J connectivity index is 1.68. The molecular formula is C13H17Br. The van der Waals surface area contributed by atoms with Gasteiger partial charge in [0.15, 0.2) is 0 Å². The first kappa shape index (κ1) is 10.2. The van der Waals surface area contributed by atoms with Crippen molar-refractivity contribution in [3.63, 3.8) is 0 Å². The Kier molecular flexibility index (Phi) is 3.63. The summed E-state index contributed by atoms with van der Waals surface area (Å²) in [4.78, 5) is 0.818. The molecule has 1 aromatic rings. The van der Waals surface area contributed by atoms with Gasteiger partial charge < -0.3 is 0 Å². The van der Waals surface area contributed by atoms with Crippen LogP contribution in [0.15, 0.2) is 30.3 Å². The molecule has 0 nitrogen and oxygen atoms in total. The number of halogens is 1. The number of aryl methyl sites for hydroxylation is 1. The third-order valence-electron chi connectivity index (χ3n) is 3.21. The summed E-state index contributed by atoms with van der Waals surface area (Å²) in [7, 11) is 0. The van der Waals surface area contributed by atoms with Gasteiger partial charge in [0, 0.05) is 4.83 Å². The van der Waals surface area contributed by atoms with Gasteiger partial charge in [-0.05, 0) is 43.6 Å². The molecular weight excluding hydrogens is 236 g/mol. The molecule has 1 aliphatic carbocycles. The number of benzene rings is 1. The van der Waals surface area contributed by atoms with Crippen LogP contribution in [-0.2, 0) is 6.42 Å². The molecule has 76 valence electrons. The summed E-state index contributed by atoms with van der Waals surface area (Å²) in [6.07, 6.45) is 6.80. The lowest BCUT2D eigenvalue weighted by molar-refractivity contribution is 0.309. The molecule has 1 heteroatoms. The van der Waals surface area contributed by atoms with E-state index < -0.39 is 0 Å². The molecule has 0 N–H and O–H groups in total. The smallest absolute Gasteiger partial charge is 0.0174 e. The van der Waals surface area contributed by atoms with Crippen LogP contribution in [-0.4, -0.2) is 4.83 Å². The summed E-state index contributed by atoms with van der Waals surface area (Å²) >= 11 is 3.71. The molecule has 14 heavy (non-hydrogen) atoms. The number of hydrogen-bond donors (Lipinski definition) is 0. The average Bonchev–Trinajstić information content (AvgIpc) is 2.24. The second-order valence-electron chi connectivity index (χ2n) is 4.23. The normalized spacial score (nSPS) is 25.8. The van der Waals surface area contributed by atoms with Crippen molar-refractivity contribution in [2.45, 2.75) is 36.9 Å². The van der Waals surface area contributed by atoms with E-state index in [1.165, 1.54) is 37.7 Å². The molecule has 1 saturated carbocycles. The Labute approximate surface area is 94.8 Å². The molecule has 0 heterocycles. The Morgan fingerprint density at radius 1 is 1.14 bits per heavy atom. The zero-order valence-electron chi connectivity index (χ0n) is 8.45. The quantitative estimate of drug-likeness (QED) is 0.706. The minimum atomic E-state index is 0.818. The fraction of sp³-hybridized carbons (Fsp3) is 0.538. The molecule has 1 aliphatic rings. The van der Waals surface area contributed by atoms with Crippen molar-refractivity contribution in [2.24, 2.45) is 5.92 Å². The summed E-state index contributed by atoms with van der Waals surface area (Å²) in [5.41, 5.74) is 1.48. The van der Waals surface area contributed by atoms with Crippen LogP contribution >= 0.6 is 15.9 Å². The number of alkyl halides is 1. The first-order valence-corrected chi connectivity index (χ1v) is 6.46. The maximum Gasteiger partial charge on any atom is 0.0174 e. The summed E-state index contributed by atoms with van der Waals surface area (Å²) in [5, 5.41) is 0. The van der Waals surface area contributed by atoms with E-state index >= 15 is 0 Å². The molecule has 2 atom stereocenters. The van der Waals surface area contributed by atoms with Gasteiger partial charge in [-0.2, -0.15) is 0 Å². The van der Waals surface area contributed by atoms with Crippen molar-refractivity contribution in [2.75, 3.05) is 0 Å². The molecule has 0 aliphatic heterocycles. The lowest BCUT2D eigenvalue weighted by atomic mass is 9.81. The Morgan fingerprint density at radius 3 is 2.50 bits per heavy atom. The third-order valence-corrected chi connectivity index (χ3v) is 4.41. The van der Waals surface area contributed by atoms with Gasteiger partial charge in [-0.3, -0.25) is 0 Å². The van der Waals surface area contributed by atoms with E-state index in [0.29, 0.717) is 0 Å². The van der Waals surface area contributed by atoms with E-state index in [2.05, 4.69) is 46.3 Å². The van der Waals surface area contributed by atoms with Crippen LogP contribution in [0.1, 0.15) is 31.2 Å². The van der Waals surface area contributed by atoms with Gasteiger partial charge in [0.25, 0.3) is 0 Å². The predicted octanol–water partition coefficient (Wildman–Crippen LogP) is 4.18. The first-order valence-electron chi connectivity index (χ1n) is 5.54. The van der Waals surface area contributed by atoms with Crippen LogP contribution in [0.5, 0.6) is 0 Å². The predicted molar refractivity (Wildman–Crippen MR) is 64.8 cm³/mol. The molecule has 1 fully saturated rings. The maximum absolute atomic E-state index is 3.71. The zero-order valence-corrected chi connectivity index (χ0v) is 10.0. The second kappa shape index (κ2) is 4.97. The van der Waals surface area contributed by atoms with Gasteiger partial charge in [0.05, 0.1) is 0 Å². The van der Waals surface area contributed by atoms with Crippen LogP contribution < -0.4 is 0 Å². The number of rotatable bonds is 4. The maximum atomic E-state index is 3.71. The molecule has 0 saturated heterocycles. The number of hydrogen-bond acceptors (Lipinski definition) is 0. The fourth-order valence-electron chi connectivity index (χ4n) is 2.07. The Hall–Kier alpha value is -0.300. The Bertz CT molecular complexity index is 268. The van der Waals surface area contributed by atoms with Crippen molar-refractivity contribution in [3.05, 3.63) is 35.9 Å². The minimum absolute atomic E-state index is 0.818. The van der Waals surface area contributed by atoms with Gasteiger partial charge in [0.2, 0.25) is 0 Å². The molecule has 0 amide bonds. The van der Waals surface area contributed by atoms with E-state index in [0.717, 1.165) is 10.7 Å². The van der Waals surface area contributed by atoms with Crippen LogP contribution in [0.3, 0.4) is 0 Å². The summed E-state index contributed by atoms with van der Waals surface area (Å²) in [6.45, 7) is 0. The van der Waals surface area contributed by atoms with E-state index in [-0.39, 0.29) is 0 Å². The highest BCUT2D eigenvalue weighted by Gasteiger charge is 2.27. The standard InChI is InChI=1S/C13H17Br/c14-13-10-9-12(13)8-4-7-11-5-2-1-3-6-11/h1-3,5-6,12-13H,4,7-10H2. The van der Waals surface area contributed by atoms with Crippen molar-refractivity contribution in [1.82, 2.24) is 0 Å². The lowest BCUT2D eigenvalue weighted by Crippen LogP contribution is -2.25. The summed E-state index contributed by atoms with van der Waals surface area (Å²) in [5.74, 6) is 0.957. The average molecular weight is 253 g/mol. The van der Waals surface area contributed by atoms with Crippen molar-refractivity contribution < 1.29 is 0 Å². The zero-order chi connectivity index (χ0) is 9.80. The Morgan fingerprint density at radius 2 is 1.93 bits per heavy atom. The van der Waals surface area contributed by atoms with E-state index in [4.69, 9.17) is 0 Å². The van der Waals surface area contributed by atoms with Gasteiger partial charge >= 0.3 is 0 Å². The first-order chi connectivity index (χ1) is 6.86. The van der Waals surface area contributed by atoms with Gasteiger partial charge in [0.1, 0.15) is 0 Å². The molecule has 2 rings (SSSR count). The highest BCUT2D eigenvalue weighted by Crippen LogP contribution is 2.37. The summed E-state index contributed by atoms with van der Waals surface area (Å²) in [6, 6.07) is 10.8. The van der Waals surface area contributed by atoms with E-state index in [1.807, 2.05) is 0 Å². The monoisotopic (exact) mass is 252 g/mol. The van der Waals surface area contributed by atoms with Crippen molar-refractivity contribution >= 4 is 15.9 Å². The van der Waals surface area contributed by atoms with Gasteiger partial charge in [-0.1, -0.05) is 46.3 Å². The third kappa shape index (κ3) is 2.60. The van der Waals surface area contributed by atoms with Crippen molar-refractivity contribution in [1.29, 1.82) is 0 Å².